The summed E-state index contributed by atoms with van der Waals surface area (Å²) < 4.78 is 26.7. The summed E-state index contributed by atoms with van der Waals surface area (Å²) in [6, 6.07) is 23.4. The van der Waals surface area contributed by atoms with Gasteiger partial charge in [-0.1, -0.05) is 86.1 Å². The Kier molecular flexibility index (Phi) is 11.8. The Morgan fingerprint density at radius 3 is 2.22 bits per heavy atom. The Bertz CT molecular complexity index is 1410. The van der Waals surface area contributed by atoms with E-state index in [1.54, 1.807) is 29.2 Å². The van der Waals surface area contributed by atoms with Crippen molar-refractivity contribution in [2.75, 3.05) is 23.7 Å². The zero-order chi connectivity index (χ0) is 30.0. The minimum absolute atomic E-state index is 0.0707. The van der Waals surface area contributed by atoms with Crippen molar-refractivity contribution in [3.05, 3.63) is 101 Å². The molecule has 0 unspecified atom stereocenters. The first-order valence-corrected chi connectivity index (χ1v) is 16.1. The predicted octanol–water partition coefficient (Wildman–Crippen LogP) is 5.61. The summed E-state index contributed by atoms with van der Waals surface area (Å²) in [6.45, 7) is 6.72. The number of benzene rings is 3. The van der Waals surface area contributed by atoms with Gasteiger partial charge in [0.25, 0.3) is 0 Å². The van der Waals surface area contributed by atoms with Gasteiger partial charge in [0.1, 0.15) is 6.04 Å². The summed E-state index contributed by atoms with van der Waals surface area (Å²) in [5.41, 5.74) is 3.16. The van der Waals surface area contributed by atoms with Crippen molar-refractivity contribution < 1.29 is 18.0 Å². The smallest absolute Gasteiger partial charge is 0.243 e. The van der Waals surface area contributed by atoms with Crippen molar-refractivity contribution >= 4 is 39.1 Å². The van der Waals surface area contributed by atoms with Crippen molar-refractivity contribution in [2.24, 2.45) is 5.92 Å². The first kappa shape index (κ1) is 32.2. The molecule has 220 valence electrons. The molecule has 0 bridgehead atoms. The van der Waals surface area contributed by atoms with E-state index in [1.165, 1.54) is 10.6 Å². The minimum Gasteiger partial charge on any atom is -0.354 e. The third-order valence-corrected chi connectivity index (χ3v) is 8.15. The number of halogens is 1. The molecule has 41 heavy (non-hydrogen) atoms. The second-order valence-corrected chi connectivity index (χ2v) is 13.1. The van der Waals surface area contributed by atoms with E-state index in [0.717, 1.165) is 16.7 Å². The molecule has 0 aliphatic carbocycles. The average Bonchev–Trinajstić information content (AvgIpc) is 2.92. The summed E-state index contributed by atoms with van der Waals surface area (Å²) in [6.07, 6.45) is 1.87. The maximum atomic E-state index is 13.9. The fraction of sp³-hybridized carbons (Fsp3) is 0.375. The average molecular weight is 598 g/mol. The number of nitrogens with one attached hydrogen (secondary N) is 1. The maximum absolute atomic E-state index is 13.9. The van der Waals surface area contributed by atoms with Crippen molar-refractivity contribution in [3.8, 4) is 0 Å². The number of nitrogens with zero attached hydrogens (tertiary/aromatic N) is 2. The van der Waals surface area contributed by atoms with Crippen LogP contribution in [-0.4, -0.2) is 50.5 Å². The standard InChI is InChI=1S/C32H40ClN3O4S/c1-24(2)22-34-32(38)30(21-26-13-6-5-7-14-26)35(23-27-15-10-16-28(33)20-27)31(37)18-11-19-36(41(4,39)40)29-17-9-8-12-25(29)3/h5-10,12-17,20,24,30H,11,18-19,21-23H2,1-4H3,(H,34,38)/t30-/m0/s1. The highest BCUT2D eigenvalue weighted by Crippen LogP contribution is 2.23. The third-order valence-electron chi connectivity index (χ3n) is 6.73. The molecule has 3 aromatic carbocycles. The highest BCUT2D eigenvalue weighted by Gasteiger charge is 2.30. The van der Waals surface area contributed by atoms with Gasteiger partial charge in [-0.3, -0.25) is 13.9 Å². The molecule has 1 N–H and O–H groups in total. The van der Waals surface area contributed by atoms with Crippen molar-refractivity contribution in [1.82, 2.24) is 10.2 Å². The number of rotatable bonds is 14. The van der Waals surface area contributed by atoms with Gasteiger partial charge in [0, 0.05) is 37.5 Å². The monoisotopic (exact) mass is 597 g/mol. The van der Waals surface area contributed by atoms with Crippen LogP contribution in [0.15, 0.2) is 78.9 Å². The fourth-order valence-electron chi connectivity index (χ4n) is 4.63. The van der Waals surface area contributed by atoms with E-state index in [-0.39, 0.29) is 43.7 Å². The van der Waals surface area contributed by atoms with E-state index in [4.69, 9.17) is 11.6 Å². The molecule has 1 atom stereocenters. The normalized spacial score (nSPS) is 12.1. The molecule has 0 saturated carbocycles. The fourth-order valence-corrected chi connectivity index (χ4v) is 5.87. The van der Waals surface area contributed by atoms with E-state index < -0.39 is 16.1 Å². The van der Waals surface area contributed by atoms with Crippen LogP contribution in [0.1, 0.15) is 43.4 Å². The molecule has 9 heteroatoms. The Balaban J connectivity index is 1.89. The number of carbonyl (C=O) groups excluding carboxylic acids is 2. The Hall–Kier alpha value is -3.36. The SMILES string of the molecule is Cc1ccccc1N(CCCC(=O)N(Cc1cccc(Cl)c1)[C@@H](Cc1ccccc1)C(=O)NCC(C)C)S(C)(=O)=O. The highest BCUT2D eigenvalue weighted by atomic mass is 35.5. The molecule has 7 nitrogen and oxygen atoms in total. The van der Waals surface area contributed by atoms with Crippen LogP contribution in [0.2, 0.25) is 5.02 Å². The number of hydrogen-bond donors (Lipinski definition) is 1. The lowest BCUT2D eigenvalue weighted by Crippen LogP contribution is -2.51. The number of anilines is 1. The molecule has 0 fully saturated rings. The second kappa shape index (κ2) is 15.0. The van der Waals surface area contributed by atoms with Gasteiger partial charge in [-0.2, -0.15) is 0 Å². The molecule has 0 saturated heterocycles. The zero-order valence-corrected chi connectivity index (χ0v) is 25.8. The van der Waals surface area contributed by atoms with Crippen LogP contribution < -0.4 is 9.62 Å². The van der Waals surface area contributed by atoms with Gasteiger partial charge in [0.2, 0.25) is 21.8 Å². The predicted molar refractivity (Wildman–Crippen MR) is 166 cm³/mol. The number of aryl methyl sites for hydroxylation is 1. The number of sulfonamides is 1. The Morgan fingerprint density at radius 2 is 1.59 bits per heavy atom. The minimum atomic E-state index is -3.57. The van der Waals surface area contributed by atoms with Crippen LogP contribution in [0.3, 0.4) is 0 Å². The van der Waals surface area contributed by atoms with Crippen molar-refractivity contribution in [2.45, 2.75) is 52.6 Å². The van der Waals surface area contributed by atoms with Crippen LogP contribution in [0.25, 0.3) is 0 Å². The number of amides is 2. The van der Waals surface area contributed by atoms with E-state index in [2.05, 4.69) is 5.32 Å². The molecule has 0 radical (unpaired) electrons. The summed E-state index contributed by atoms with van der Waals surface area (Å²) in [5.74, 6) is -0.212. The molecule has 2 amide bonds. The van der Waals surface area contributed by atoms with Crippen LogP contribution in [0.5, 0.6) is 0 Å². The molecular formula is C32H40ClN3O4S. The van der Waals surface area contributed by atoms with E-state index in [9.17, 15) is 18.0 Å². The first-order chi connectivity index (χ1) is 19.5. The lowest BCUT2D eigenvalue weighted by atomic mass is 10.0. The molecule has 0 aromatic heterocycles. The summed E-state index contributed by atoms with van der Waals surface area (Å²) >= 11 is 6.25. The summed E-state index contributed by atoms with van der Waals surface area (Å²) in [4.78, 5) is 29.1. The van der Waals surface area contributed by atoms with E-state index >= 15 is 0 Å². The first-order valence-electron chi connectivity index (χ1n) is 13.8. The maximum Gasteiger partial charge on any atom is 0.243 e. The highest BCUT2D eigenvalue weighted by molar-refractivity contribution is 7.92. The zero-order valence-electron chi connectivity index (χ0n) is 24.2. The molecule has 0 aliphatic rings. The molecule has 0 spiro atoms. The lowest BCUT2D eigenvalue weighted by Gasteiger charge is -2.32. The lowest BCUT2D eigenvalue weighted by molar-refractivity contribution is -0.141. The molecule has 3 rings (SSSR count). The van der Waals surface area contributed by atoms with Crippen LogP contribution in [-0.2, 0) is 32.6 Å². The van der Waals surface area contributed by atoms with Gasteiger partial charge in [-0.25, -0.2) is 8.42 Å². The second-order valence-electron chi connectivity index (χ2n) is 10.7. The topological polar surface area (TPSA) is 86.8 Å². The van der Waals surface area contributed by atoms with Gasteiger partial charge < -0.3 is 10.2 Å². The van der Waals surface area contributed by atoms with Gasteiger partial charge in [-0.05, 0) is 54.2 Å². The molecule has 0 heterocycles. The quantitative estimate of drug-likeness (QED) is 0.262. The van der Waals surface area contributed by atoms with Gasteiger partial charge in [-0.15, -0.1) is 0 Å². The third kappa shape index (κ3) is 9.90. The number of carbonyl (C=O) groups is 2. The van der Waals surface area contributed by atoms with Crippen molar-refractivity contribution in [1.29, 1.82) is 0 Å². The largest absolute Gasteiger partial charge is 0.354 e. The van der Waals surface area contributed by atoms with Gasteiger partial charge in [0.05, 0.1) is 11.9 Å². The Morgan fingerprint density at radius 1 is 0.927 bits per heavy atom. The van der Waals surface area contributed by atoms with Crippen LogP contribution in [0, 0.1) is 12.8 Å². The molecule has 0 aliphatic heterocycles. The van der Waals surface area contributed by atoms with E-state index in [1.807, 2.05) is 75.4 Å². The molecule has 3 aromatic rings. The van der Waals surface area contributed by atoms with Gasteiger partial charge >= 0.3 is 0 Å². The van der Waals surface area contributed by atoms with E-state index in [0.29, 0.717) is 23.7 Å². The number of hydrogen-bond acceptors (Lipinski definition) is 4. The van der Waals surface area contributed by atoms with Gasteiger partial charge in [0.15, 0.2) is 0 Å². The Labute approximate surface area is 249 Å². The summed E-state index contributed by atoms with van der Waals surface area (Å²) in [7, 11) is -3.57. The van der Waals surface area contributed by atoms with Crippen LogP contribution >= 0.6 is 11.6 Å². The van der Waals surface area contributed by atoms with Crippen molar-refractivity contribution in [3.63, 3.8) is 0 Å². The summed E-state index contributed by atoms with van der Waals surface area (Å²) in [5, 5.41) is 3.55. The number of para-hydroxylation sites is 1. The van der Waals surface area contributed by atoms with Crippen LogP contribution in [0.4, 0.5) is 5.69 Å². The molecular weight excluding hydrogens is 558 g/mol.